The molecule has 18 heavy (non-hydrogen) atoms. The highest BCUT2D eigenvalue weighted by atomic mass is 16.4. The summed E-state index contributed by atoms with van der Waals surface area (Å²) in [6.07, 6.45) is 0.189. The molecule has 0 bridgehead atoms. The Balaban J connectivity index is 0. The number of hydrogen-bond acceptors (Lipinski definition) is 6. The molecule has 9 nitrogen and oxygen atoms in total. The molecular formula is C9H16N2O7. The number of nitrogens with two attached hydrogens (primary N) is 2. The first kappa shape index (κ1) is 18.4. The SMILES string of the molecule is NCCC[C@H](N)C(=O)O.O=C(O)CC(=O)C(=O)O. The van der Waals surface area contributed by atoms with Gasteiger partial charge in [0, 0.05) is 0 Å². The van der Waals surface area contributed by atoms with Gasteiger partial charge < -0.3 is 26.8 Å². The molecule has 0 heterocycles. The third-order valence-corrected chi connectivity index (χ3v) is 1.59. The lowest BCUT2D eigenvalue weighted by Gasteiger charge is -2.02. The van der Waals surface area contributed by atoms with Gasteiger partial charge in [-0.25, -0.2) is 4.79 Å². The van der Waals surface area contributed by atoms with Crippen molar-refractivity contribution in [2.24, 2.45) is 11.5 Å². The molecule has 0 aromatic heterocycles. The van der Waals surface area contributed by atoms with Crippen molar-refractivity contribution in [1.82, 2.24) is 0 Å². The van der Waals surface area contributed by atoms with E-state index in [9.17, 15) is 19.2 Å². The van der Waals surface area contributed by atoms with E-state index in [0.29, 0.717) is 19.4 Å². The van der Waals surface area contributed by atoms with E-state index < -0.39 is 36.2 Å². The monoisotopic (exact) mass is 264 g/mol. The number of Topliss-reactive ketones (excluding diaryl/α,β-unsaturated/α-hetero) is 1. The van der Waals surface area contributed by atoms with E-state index in [1.807, 2.05) is 0 Å². The van der Waals surface area contributed by atoms with Crippen molar-refractivity contribution >= 4 is 23.7 Å². The van der Waals surface area contributed by atoms with Crippen LogP contribution in [0.5, 0.6) is 0 Å². The second kappa shape index (κ2) is 10.2. The molecule has 0 saturated carbocycles. The van der Waals surface area contributed by atoms with Gasteiger partial charge in [-0.3, -0.25) is 14.4 Å². The molecule has 9 heteroatoms. The Labute approximate surface area is 102 Å². The summed E-state index contributed by atoms with van der Waals surface area (Å²) in [5.74, 6) is -5.40. The van der Waals surface area contributed by atoms with Crippen LogP contribution in [0.4, 0.5) is 0 Å². The molecule has 7 N–H and O–H groups in total. The van der Waals surface area contributed by atoms with Crippen molar-refractivity contribution in [3.05, 3.63) is 0 Å². The summed E-state index contributed by atoms with van der Waals surface area (Å²) in [6, 6.07) is -0.742. The highest BCUT2D eigenvalue weighted by molar-refractivity contribution is 6.35. The van der Waals surface area contributed by atoms with Crippen molar-refractivity contribution in [2.45, 2.75) is 25.3 Å². The Morgan fingerprint density at radius 3 is 1.78 bits per heavy atom. The average molecular weight is 264 g/mol. The Bertz CT molecular complexity index is 316. The molecule has 0 amide bonds. The fourth-order valence-electron chi connectivity index (χ4n) is 0.674. The maximum Gasteiger partial charge on any atom is 0.372 e. The number of carboxylic acid groups (broad SMARTS) is 3. The van der Waals surface area contributed by atoms with Gasteiger partial charge in [0.1, 0.15) is 12.5 Å². The molecule has 0 radical (unpaired) electrons. The lowest BCUT2D eigenvalue weighted by molar-refractivity contribution is -0.152. The first-order chi connectivity index (χ1) is 8.22. The molecule has 0 aliphatic heterocycles. The maximum atomic E-state index is 10.0. The summed E-state index contributed by atoms with van der Waals surface area (Å²) in [5.41, 5.74) is 10.3. The van der Waals surface area contributed by atoms with Crippen LogP contribution in [0.15, 0.2) is 0 Å². The van der Waals surface area contributed by atoms with Crippen molar-refractivity contribution < 1.29 is 34.5 Å². The van der Waals surface area contributed by atoms with Crippen LogP contribution in [0.1, 0.15) is 19.3 Å². The molecule has 0 aromatic rings. The molecule has 0 saturated heterocycles. The number of rotatable bonds is 7. The van der Waals surface area contributed by atoms with Crippen molar-refractivity contribution in [3.8, 4) is 0 Å². The summed E-state index contributed by atoms with van der Waals surface area (Å²) in [6.45, 7) is 0.501. The van der Waals surface area contributed by atoms with E-state index in [1.54, 1.807) is 0 Å². The van der Waals surface area contributed by atoms with Gasteiger partial charge in [-0.15, -0.1) is 0 Å². The first-order valence-electron chi connectivity index (χ1n) is 4.88. The highest BCUT2D eigenvalue weighted by Crippen LogP contribution is 1.91. The van der Waals surface area contributed by atoms with Crippen molar-refractivity contribution in [1.29, 1.82) is 0 Å². The highest BCUT2D eigenvalue weighted by Gasteiger charge is 2.14. The van der Waals surface area contributed by atoms with Crippen molar-refractivity contribution in [2.75, 3.05) is 6.54 Å². The van der Waals surface area contributed by atoms with Gasteiger partial charge in [0.05, 0.1) is 0 Å². The number of carbonyl (C=O) groups is 4. The summed E-state index contributed by atoms with van der Waals surface area (Å²) in [5, 5.41) is 23.9. The molecule has 0 rings (SSSR count). The Morgan fingerprint density at radius 1 is 1.06 bits per heavy atom. The van der Waals surface area contributed by atoms with Crippen LogP contribution in [-0.4, -0.2) is 51.6 Å². The van der Waals surface area contributed by atoms with Gasteiger partial charge in [0.2, 0.25) is 0 Å². The van der Waals surface area contributed by atoms with Crippen LogP contribution >= 0.6 is 0 Å². The molecule has 1 atom stereocenters. The van der Waals surface area contributed by atoms with E-state index in [1.165, 1.54) is 0 Å². The van der Waals surface area contributed by atoms with Crippen LogP contribution in [-0.2, 0) is 19.2 Å². The van der Waals surface area contributed by atoms with Gasteiger partial charge in [-0.1, -0.05) is 0 Å². The molecule has 0 aliphatic rings. The van der Waals surface area contributed by atoms with Crippen LogP contribution in [0.25, 0.3) is 0 Å². The average Bonchev–Trinajstić information content (AvgIpc) is 2.25. The molecule has 104 valence electrons. The largest absolute Gasteiger partial charge is 0.481 e. The van der Waals surface area contributed by atoms with Gasteiger partial charge in [-0.05, 0) is 19.4 Å². The van der Waals surface area contributed by atoms with Crippen molar-refractivity contribution in [3.63, 3.8) is 0 Å². The molecule has 0 spiro atoms. The van der Waals surface area contributed by atoms with Gasteiger partial charge in [0.25, 0.3) is 5.78 Å². The molecule has 0 fully saturated rings. The fourth-order valence-corrected chi connectivity index (χ4v) is 0.674. The van der Waals surface area contributed by atoms with Crippen LogP contribution in [0.2, 0.25) is 0 Å². The quantitative estimate of drug-likeness (QED) is 0.263. The zero-order valence-electron chi connectivity index (χ0n) is 9.54. The van der Waals surface area contributed by atoms with Gasteiger partial charge in [-0.2, -0.15) is 0 Å². The molecule has 0 unspecified atom stereocenters. The predicted molar refractivity (Wildman–Crippen MR) is 58.8 cm³/mol. The van der Waals surface area contributed by atoms with Crippen LogP contribution in [0.3, 0.4) is 0 Å². The first-order valence-corrected chi connectivity index (χ1v) is 4.88. The van der Waals surface area contributed by atoms with E-state index in [0.717, 1.165) is 0 Å². The summed E-state index contributed by atoms with van der Waals surface area (Å²) < 4.78 is 0. The molecule has 0 aromatic carbocycles. The Hall–Kier alpha value is -2.00. The summed E-state index contributed by atoms with van der Waals surface area (Å²) in [7, 11) is 0. The Morgan fingerprint density at radius 2 is 1.56 bits per heavy atom. The third-order valence-electron chi connectivity index (χ3n) is 1.59. The van der Waals surface area contributed by atoms with E-state index in [-0.39, 0.29) is 0 Å². The Kier molecular flexibility index (Phi) is 10.4. The van der Waals surface area contributed by atoms with Gasteiger partial charge in [0.15, 0.2) is 0 Å². The normalized spacial score (nSPS) is 10.8. The number of ketones is 1. The second-order valence-corrected chi connectivity index (χ2v) is 3.17. The molecule has 0 aliphatic carbocycles. The zero-order chi connectivity index (χ0) is 14.7. The summed E-state index contributed by atoms with van der Waals surface area (Å²) in [4.78, 5) is 39.3. The minimum atomic E-state index is -1.71. The van der Waals surface area contributed by atoms with Gasteiger partial charge >= 0.3 is 17.9 Å². The van der Waals surface area contributed by atoms with E-state index in [4.69, 9.17) is 26.8 Å². The standard InChI is InChI=1S/C5H12N2O2.C4H4O5/c6-3-1-2-4(7)5(8)9;5-2(4(8)9)1-3(6)7/h4H,1-3,6-7H2,(H,8,9);1H2,(H,6,7)(H,8,9)/t4-;/m0./s1. The number of carboxylic acids is 3. The zero-order valence-corrected chi connectivity index (χ0v) is 9.54. The lowest BCUT2D eigenvalue weighted by Crippen LogP contribution is -2.30. The smallest absolute Gasteiger partial charge is 0.372 e. The number of hydrogen-bond donors (Lipinski definition) is 5. The fraction of sp³-hybridized carbons (Fsp3) is 0.556. The topological polar surface area (TPSA) is 181 Å². The third kappa shape index (κ3) is 12.1. The summed E-state index contributed by atoms with van der Waals surface area (Å²) >= 11 is 0. The van der Waals surface area contributed by atoms with E-state index >= 15 is 0 Å². The number of aliphatic carboxylic acids is 3. The maximum absolute atomic E-state index is 10.0. The molecular weight excluding hydrogens is 248 g/mol. The minimum Gasteiger partial charge on any atom is -0.481 e. The second-order valence-electron chi connectivity index (χ2n) is 3.17. The number of carbonyl (C=O) groups excluding carboxylic acids is 1. The van der Waals surface area contributed by atoms with Crippen LogP contribution in [0, 0.1) is 0 Å². The van der Waals surface area contributed by atoms with E-state index in [2.05, 4.69) is 0 Å². The predicted octanol–water partition coefficient (Wildman–Crippen LogP) is -1.75. The van der Waals surface area contributed by atoms with Crippen LogP contribution < -0.4 is 11.5 Å². The minimum absolute atomic E-state index is 0.464. The lowest BCUT2D eigenvalue weighted by atomic mass is 10.2.